The van der Waals surface area contributed by atoms with Crippen LogP contribution in [0.1, 0.15) is 27.4 Å². The van der Waals surface area contributed by atoms with Crippen LogP contribution in [0, 0.1) is 11.6 Å². The topological polar surface area (TPSA) is 107 Å². The highest BCUT2D eigenvalue weighted by Gasteiger charge is 2.24. The van der Waals surface area contributed by atoms with Crippen molar-refractivity contribution in [2.45, 2.75) is 6.54 Å². The van der Waals surface area contributed by atoms with Crippen LogP contribution in [0.15, 0.2) is 79.3 Å². The molecule has 0 spiro atoms. The third-order valence-corrected chi connectivity index (χ3v) is 5.39. The molecule has 0 atom stereocenters. The number of benzene rings is 3. The number of carbonyl (C=O) groups excluding carboxylic acids is 1. The zero-order valence-corrected chi connectivity index (χ0v) is 19.4. The van der Waals surface area contributed by atoms with Gasteiger partial charge >= 0.3 is 0 Å². The average molecular weight is 508 g/mol. The number of anilines is 1. The van der Waals surface area contributed by atoms with Crippen molar-refractivity contribution in [2.75, 3.05) is 5.32 Å². The van der Waals surface area contributed by atoms with Crippen LogP contribution in [0.2, 0.25) is 0 Å². The second kappa shape index (κ2) is 10.4. The van der Waals surface area contributed by atoms with Crippen LogP contribution in [0.5, 0.6) is 0 Å². The van der Waals surface area contributed by atoms with E-state index < -0.39 is 23.2 Å². The predicted octanol–water partition coefficient (Wildman–Crippen LogP) is 5.91. The van der Waals surface area contributed by atoms with Crippen LogP contribution in [-0.4, -0.2) is 30.8 Å². The van der Waals surface area contributed by atoms with Crippen LogP contribution in [0.4, 0.5) is 14.5 Å². The summed E-state index contributed by atoms with van der Waals surface area (Å²) in [6.07, 6.45) is 3.25. The Morgan fingerprint density at radius 2 is 1.75 bits per heavy atom. The van der Waals surface area contributed by atoms with Crippen molar-refractivity contribution in [1.82, 2.24) is 19.9 Å². The van der Waals surface area contributed by atoms with Crippen molar-refractivity contribution >= 4 is 46.2 Å². The van der Waals surface area contributed by atoms with Crippen molar-refractivity contribution in [3.63, 3.8) is 0 Å². The van der Waals surface area contributed by atoms with E-state index in [2.05, 4.69) is 25.3 Å². The quantitative estimate of drug-likeness (QED) is 0.124. The molecule has 5 aromatic rings. The second-order valence-corrected chi connectivity index (χ2v) is 7.82. The molecule has 0 fully saturated rings. The van der Waals surface area contributed by atoms with Crippen molar-refractivity contribution < 1.29 is 18.7 Å². The standard InChI is InChI=1S/C26H19F2N5O2.ClH/c27-17-8-16(9-18(28)11-17)25(35)23(26-32-21-6-1-2-7-22(21)33-26)24(34)15-4-3-5-19(10-15)30-13-20-12-29-14-31-20;/h1-12,14,30,35H,13H2,(H,29,31)(H,32,33);1H. The molecule has 0 saturated heterocycles. The first-order chi connectivity index (χ1) is 17.0. The molecule has 36 heavy (non-hydrogen) atoms. The lowest BCUT2D eigenvalue weighted by molar-refractivity contribution is 0.105. The second-order valence-electron chi connectivity index (χ2n) is 7.82. The monoisotopic (exact) mass is 507 g/mol. The van der Waals surface area contributed by atoms with Gasteiger partial charge in [-0.25, -0.2) is 18.7 Å². The molecule has 0 aliphatic heterocycles. The number of imidazole rings is 2. The number of halogens is 3. The molecule has 4 N–H and O–H groups in total. The fourth-order valence-electron chi connectivity index (χ4n) is 3.73. The molecule has 0 radical (unpaired) electrons. The minimum Gasteiger partial charge on any atom is -0.506 e. The summed E-state index contributed by atoms with van der Waals surface area (Å²) in [5.74, 6) is -2.85. The number of hydrogen-bond acceptors (Lipinski definition) is 5. The number of rotatable bonds is 7. The Morgan fingerprint density at radius 3 is 2.47 bits per heavy atom. The summed E-state index contributed by atoms with van der Waals surface area (Å²) in [7, 11) is 0. The summed E-state index contributed by atoms with van der Waals surface area (Å²) in [6.45, 7) is 0.456. The molecule has 0 saturated carbocycles. The van der Waals surface area contributed by atoms with Crippen LogP contribution < -0.4 is 5.32 Å². The Bertz CT molecular complexity index is 1510. The van der Waals surface area contributed by atoms with Gasteiger partial charge in [0.2, 0.25) is 5.78 Å². The Hall–Kier alpha value is -4.50. The third-order valence-electron chi connectivity index (χ3n) is 5.39. The van der Waals surface area contributed by atoms with E-state index in [1.165, 1.54) is 0 Å². The Morgan fingerprint density at radius 1 is 0.972 bits per heavy atom. The number of aliphatic hydroxyl groups is 1. The van der Waals surface area contributed by atoms with Gasteiger partial charge in [0.1, 0.15) is 28.8 Å². The van der Waals surface area contributed by atoms with E-state index in [0.29, 0.717) is 29.3 Å². The largest absolute Gasteiger partial charge is 0.506 e. The van der Waals surface area contributed by atoms with Gasteiger partial charge in [0.25, 0.3) is 0 Å². The molecule has 10 heteroatoms. The summed E-state index contributed by atoms with van der Waals surface area (Å²) in [5.41, 5.74) is 2.58. The van der Waals surface area contributed by atoms with Crippen LogP contribution >= 0.6 is 12.4 Å². The summed E-state index contributed by atoms with van der Waals surface area (Å²) in [5, 5.41) is 14.3. The first kappa shape index (κ1) is 24.6. The Balaban J connectivity index is 0.00000304. The first-order valence-electron chi connectivity index (χ1n) is 10.7. The molecule has 5 rings (SSSR count). The number of ketones is 1. The molecule has 0 aliphatic rings. The van der Waals surface area contributed by atoms with E-state index >= 15 is 0 Å². The van der Waals surface area contributed by atoms with Crippen LogP contribution in [-0.2, 0) is 6.54 Å². The van der Waals surface area contributed by atoms with E-state index in [1.54, 1.807) is 61.1 Å². The van der Waals surface area contributed by atoms with Gasteiger partial charge < -0.3 is 20.4 Å². The van der Waals surface area contributed by atoms with Crippen LogP contribution in [0.3, 0.4) is 0 Å². The average Bonchev–Trinajstić information content (AvgIpc) is 3.52. The number of fused-ring (bicyclic) bond motifs is 1. The molecule has 2 heterocycles. The molecule has 0 aliphatic carbocycles. The maximum Gasteiger partial charge on any atom is 0.200 e. The highest BCUT2D eigenvalue weighted by Crippen LogP contribution is 2.29. The van der Waals surface area contributed by atoms with E-state index in [0.717, 1.165) is 17.8 Å². The number of aromatic amines is 2. The molecule has 2 aromatic heterocycles. The predicted molar refractivity (Wildman–Crippen MR) is 136 cm³/mol. The maximum absolute atomic E-state index is 13.9. The van der Waals surface area contributed by atoms with Gasteiger partial charge in [-0.1, -0.05) is 24.3 Å². The number of H-pyrrole nitrogens is 2. The minimum atomic E-state index is -0.882. The van der Waals surface area contributed by atoms with Crippen molar-refractivity contribution in [2.24, 2.45) is 0 Å². The molecular weight excluding hydrogens is 488 g/mol. The normalized spacial score (nSPS) is 11.6. The molecule has 0 bridgehead atoms. The summed E-state index contributed by atoms with van der Waals surface area (Å²) in [6, 6.07) is 16.4. The highest BCUT2D eigenvalue weighted by molar-refractivity contribution is 6.33. The SMILES string of the molecule is Cl.O=C(C(=C(O)c1cc(F)cc(F)c1)c1nc2ccccc2[nH]1)c1cccc(NCc2cnc[nH]2)c1. The number of para-hydroxylation sites is 2. The van der Waals surface area contributed by atoms with Gasteiger partial charge in [0, 0.05) is 29.1 Å². The van der Waals surface area contributed by atoms with E-state index in [-0.39, 0.29) is 34.9 Å². The molecule has 0 unspecified atom stereocenters. The summed E-state index contributed by atoms with van der Waals surface area (Å²) < 4.78 is 27.8. The zero-order chi connectivity index (χ0) is 24.4. The Kier molecular flexibility index (Phi) is 7.12. The van der Waals surface area contributed by atoms with Crippen molar-refractivity contribution in [3.8, 4) is 0 Å². The fraction of sp³-hybridized carbons (Fsp3) is 0.0385. The summed E-state index contributed by atoms with van der Waals surface area (Å²) >= 11 is 0. The number of carbonyl (C=O) groups is 1. The van der Waals surface area contributed by atoms with Gasteiger partial charge in [-0.3, -0.25) is 4.79 Å². The molecule has 3 aromatic carbocycles. The van der Waals surface area contributed by atoms with Gasteiger partial charge in [-0.2, -0.15) is 0 Å². The number of Topliss-reactive ketones (excluding diaryl/α,β-unsaturated/α-hetero) is 1. The van der Waals surface area contributed by atoms with Gasteiger partial charge in [-0.05, 0) is 36.4 Å². The zero-order valence-electron chi connectivity index (χ0n) is 18.6. The number of nitrogens with zero attached hydrogens (tertiary/aromatic N) is 2. The van der Waals surface area contributed by atoms with Gasteiger partial charge in [0.15, 0.2) is 0 Å². The van der Waals surface area contributed by atoms with Crippen LogP contribution in [0.25, 0.3) is 22.4 Å². The number of aliphatic hydroxyl groups excluding tert-OH is 1. The molecule has 0 amide bonds. The number of nitrogens with one attached hydrogen (secondary N) is 3. The van der Waals surface area contributed by atoms with E-state index in [1.807, 2.05) is 0 Å². The lowest BCUT2D eigenvalue weighted by atomic mass is 9.98. The lowest BCUT2D eigenvalue weighted by Crippen LogP contribution is -2.09. The Labute approximate surface area is 210 Å². The maximum atomic E-state index is 13.9. The number of hydrogen-bond donors (Lipinski definition) is 4. The fourth-order valence-corrected chi connectivity index (χ4v) is 3.73. The molecule has 7 nitrogen and oxygen atoms in total. The lowest BCUT2D eigenvalue weighted by Gasteiger charge is -2.11. The van der Waals surface area contributed by atoms with Gasteiger partial charge in [0.05, 0.1) is 29.6 Å². The number of allylic oxidation sites excluding steroid dienone is 1. The molecule has 182 valence electrons. The molecular formula is C26H20ClF2N5O2. The smallest absolute Gasteiger partial charge is 0.200 e. The third kappa shape index (κ3) is 5.11. The van der Waals surface area contributed by atoms with Crippen molar-refractivity contribution in [3.05, 3.63) is 114 Å². The summed E-state index contributed by atoms with van der Waals surface area (Å²) in [4.78, 5) is 28.1. The van der Waals surface area contributed by atoms with Gasteiger partial charge in [-0.15, -0.1) is 12.4 Å². The van der Waals surface area contributed by atoms with E-state index in [9.17, 15) is 18.7 Å². The van der Waals surface area contributed by atoms with Crippen molar-refractivity contribution in [1.29, 1.82) is 0 Å². The van der Waals surface area contributed by atoms with E-state index in [4.69, 9.17) is 0 Å². The number of aromatic nitrogens is 4. The first-order valence-corrected chi connectivity index (χ1v) is 10.7. The highest BCUT2D eigenvalue weighted by atomic mass is 35.5. The minimum absolute atomic E-state index is 0.